The fourth-order valence-electron chi connectivity index (χ4n) is 11.1. The topological polar surface area (TPSA) is 149 Å². The molecule has 6 N–H and O–H groups in total. The van der Waals surface area contributed by atoms with Crippen molar-refractivity contribution in [1.82, 2.24) is 5.32 Å². The second kappa shape index (κ2) is 59.3. The molecule has 1 heterocycles. The average Bonchev–Trinajstić information content (AvgIpc) is 3.47. The molecule has 0 aromatic heterocycles. The van der Waals surface area contributed by atoms with Gasteiger partial charge >= 0.3 is 0 Å². The Morgan fingerprint density at radius 2 is 0.785 bits per heavy atom. The largest absolute Gasteiger partial charge is 0.394 e. The molecule has 1 saturated heterocycles. The maximum absolute atomic E-state index is 13.1. The molecule has 1 fully saturated rings. The fourth-order valence-corrected chi connectivity index (χ4v) is 11.1. The Morgan fingerprint density at radius 3 is 1.16 bits per heavy atom. The van der Waals surface area contributed by atoms with E-state index in [0.717, 1.165) is 64.2 Å². The molecule has 0 aromatic carbocycles. The van der Waals surface area contributed by atoms with Gasteiger partial charge in [-0.05, 0) is 51.4 Å². The first kappa shape index (κ1) is 75.2. The molecule has 1 amide bonds. The van der Waals surface area contributed by atoms with Gasteiger partial charge in [-0.3, -0.25) is 4.79 Å². The van der Waals surface area contributed by atoms with Crippen LogP contribution in [0, 0.1) is 0 Å². The maximum atomic E-state index is 13.1. The third-order valence-electron chi connectivity index (χ3n) is 16.4. The van der Waals surface area contributed by atoms with Crippen molar-refractivity contribution < 1.29 is 39.8 Å². The Kier molecular flexibility index (Phi) is 56.4. The molecule has 464 valence electrons. The summed E-state index contributed by atoms with van der Waals surface area (Å²) in [7, 11) is 0. The first-order chi connectivity index (χ1) is 38.8. The summed E-state index contributed by atoms with van der Waals surface area (Å²) in [4.78, 5) is 13.1. The summed E-state index contributed by atoms with van der Waals surface area (Å²) >= 11 is 0. The molecule has 0 aliphatic carbocycles. The quantitative estimate of drug-likeness (QED) is 0.0261. The van der Waals surface area contributed by atoms with Crippen LogP contribution in [0.1, 0.15) is 335 Å². The van der Waals surface area contributed by atoms with Crippen molar-refractivity contribution in [3.8, 4) is 0 Å². The van der Waals surface area contributed by atoms with Gasteiger partial charge in [0.15, 0.2) is 6.29 Å². The van der Waals surface area contributed by atoms with E-state index in [0.29, 0.717) is 12.8 Å². The van der Waals surface area contributed by atoms with Gasteiger partial charge in [0.2, 0.25) is 5.91 Å². The molecule has 0 bridgehead atoms. The number of hydrogen-bond donors (Lipinski definition) is 6. The number of amides is 1. The Bertz CT molecular complexity index is 1380. The van der Waals surface area contributed by atoms with E-state index < -0.39 is 49.5 Å². The molecule has 0 aromatic rings. The summed E-state index contributed by atoms with van der Waals surface area (Å²) in [6.45, 7) is 3.77. The summed E-state index contributed by atoms with van der Waals surface area (Å²) in [5, 5.41) is 54.9. The van der Waals surface area contributed by atoms with E-state index in [1.807, 2.05) is 0 Å². The molecule has 0 radical (unpaired) electrons. The molecule has 9 nitrogen and oxygen atoms in total. The number of carbonyl (C=O) groups excluding carboxylic acids is 1. The monoisotopic (exact) mass is 1110 g/mol. The lowest BCUT2D eigenvalue weighted by molar-refractivity contribution is -0.302. The van der Waals surface area contributed by atoms with Gasteiger partial charge in [0.1, 0.15) is 24.4 Å². The summed E-state index contributed by atoms with van der Waals surface area (Å²) in [6.07, 6.45) is 73.1. The number of hydrogen-bond acceptors (Lipinski definition) is 8. The van der Waals surface area contributed by atoms with Crippen LogP contribution in [0.5, 0.6) is 0 Å². The zero-order valence-electron chi connectivity index (χ0n) is 51.9. The third kappa shape index (κ3) is 48.3. The van der Waals surface area contributed by atoms with Gasteiger partial charge in [-0.25, -0.2) is 0 Å². The molecule has 79 heavy (non-hydrogen) atoms. The smallest absolute Gasteiger partial charge is 0.220 e. The van der Waals surface area contributed by atoms with Crippen molar-refractivity contribution in [2.24, 2.45) is 0 Å². The maximum Gasteiger partial charge on any atom is 0.220 e. The average molecular weight is 1110 g/mol. The summed E-state index contributed by atoms with van der Waals surface area (Å²) < 4.78 is 11.4. The van der Waals surface area contributed by atoms with E-state index in [9.17, 15) is 30.3 Å². The van der Waals surface area contributed by atoms with Gasteiger partial charge in [-0.2, -0.15) is 0 Å². The summed E-state index contributed by atoms with van der Waals surface area (Å²) in [5.74, 6) is -0.141. The minimum Gasteiger partial charge on any atom is -0.394 e. The number of ether oxygens (including phenoxy) is 2. The van der Waals surface area contributed by atoms with Gasteiger partial charge < -0.3 is 40.3 Å². The van der Waals surface area contributed by atoms with Crippen LogP contribution in [0.2, 0.25) is 0 Å². The van der Waals surface area contributed by atoms with Crippen molar-refractivity contribution in [2.75, 3.05) is 13.2 Å². The normalized spacial score (nSPS) is 18.8. The molecule has 7 unspecified atom stereocenters. The van der Waals surface area contributed by atoms with E-state index in [1.54, 1.807) is 0 Å². The van der Waals surface area contributed by atoms with Gasteiger partial charge in [0.05, 0.1) is 25.4 Å². The number of allylic oxidation sites excluding steroid dienone is 8. The van der Waals surface area contributed by atoms with Crippen molar-refractivity contribution in [3.63, 3.8) is 0 Å². The van der Waals surface area contributed by atoms with Crippen LogP contribution in [-0.2, 0) is 14.3 Å². The summed E-state index contributed by atoms with van der Waals surface area (Å²) in [5.41, 5.74) is 0. The molecule has 7 atom stereocenters. The molecule has 0 saturated carbocycles. The molecule has 1 aliphatic rings. The van der Waals surface area contributed by atoms with E-state index in [4.69, 9.17) is 9.47 Å². The number of aliphatic hydroxyl groups is 5. The van der Waals surface area contributed by atoms with E-state index in [1.165, 1.54) is 244 Å². The first-order valence-electron chi connectivity index (χ1n) is 34.3. The second-order valence-electron chi connectivity index (χ2n) is 23.9. The zero-order valence-corrected chi connectivity index (χ0v) is 51.9. The van der Waals surface area contributed by atoms with Crippen LogP contribution in [0.3, 0.4) is 0 Å². The van der Waals surface area contributed by atoms with E-state index in [2.05, 4.69) is 67.8 Å². The van der Waals surface area contributed by atoms with Crippen LogP contribution in [-0.4, -0.2) is 87.5 Å². The highest BCUT2D eigenvalue weighted by Crippen LogP contribution is 2.24. The van der Waals surface area contributed by atoms with Crippen molar-refractivity contribution in [3.05, 3.63) is 48.6 Å². The lowest BCUT2D eigenvalue weighted by Gasteiger charge is -2.40. The standard InChI is InChI=1S/C70H131NO8/c1-3-5-7-9-11-13-15-17-19-21-23-25-27-29-31-32-34-35-37-39-41-43-45-47-49-51-53-55-57-59-64(73)63(62-78-70-69(77)68(76)67(75)65(61-72)79-70)71-66(74)60-58-56-54-52-50-48-46-44-42-40-38-36-33-30-28-26-24-22-20-18-16-14-12-10-8-6-4-2/h6,8,12,14,18,20,24,26,63-65,67-70,72-73,75-77H,3-5,7,9-11,13,15-17,19,21-23,25,27-62H2,1-2H3,(H,71,74)/b8-6-,14-12-,20-18-,26-24-. The van der Waals surface area contributed by atoms with Crippen LogP contribution < -0.4 is 5.32 Å². The van der Waals surface area contributed by atoms with Crippen LogP contribution in [0.25, 0.3) is 0 Å². The number of carbonyl (C=O) groups is 1. The predicted octanol–water partition coefficient (Wildman–Crippen LogP) is 18.4. The predicted molar refractivity (Wildman–Crippen MR) is 336 cm³/mol. The SMILES string of the molecule is CC/C=C\C/C=C\C/C=C\C/C=C\CCCCCCCCCCCCCCCCC(=O)NC(COC1OC(CO)C(O)C(O)C1O)C(O)CCCCCCCCCCCCCCCCCCCCCCCCCCCCCCC. The van der Waals surface area contributed by atoms with Gasteiger partial charge in [-0.15, -0.1) is 0 Å². The van der Waals surface area contributed by atoms with Crippen molar-refractivity contribution >= 4 is 5.91 Å². The molecule has 0 spiro atoms. The number of rotatable bonds is 60. The van der Waals surface area contributed by atoms with E-state index in [-0.39, 0.29) is 12.5 Å². The van der Waals surface area contributed by atoms with Gasteiger partial charge in [0.25, 0.3) is 0 Å². The lowest BCUT2D eigenvalue weighted by Crippen LogP contribution is -2.60. The van der Waals surface area contributed by atoms with E-state index >= 15 is 0 Å². The highest BCUT2D eigenvalue weighted by molar-refractivity contribution is 5.76. The first-order valence-corrected chi connectivity index (χ1v) is 34.3. The van der Waals surface area contributed by atoms with Gasteiger partial charge in [-0.1, -0.05) is 326 Å². The summed E-state index contributed by atoms with van der Waals surface area (Å²) in [6, 6.07) is -0.722. The molecule has 1 aliphatic heterocycles. The van der Waals surface area contributed by atoms with Crippen molar-refractivity contribution in [1.29, 1.82) is 0 Å². The molecular formula is C70H131NO8. The van der Waals surface area contributed by atoms with Gasteiger partial charge in [0, 0.05) is 6.42 Å². The third-order valence-corrected chi connectivity index (χ3v) is 16.4. The molecule has 9 heteroatoms. The zero-order chi connectivity index (χ0) is 57.2. The minimum absolute atomic E-state index is 0.136. The highest BCUT2D eigenvalue weighted by atomic mass is 16.7. The molecule has 1 rings (SSSR count). The lowest BCUT2D eigenvalue weighted by atomic mass is 9.99. The Labute approximate surface area is 488 Å². The Morgan fingerprint density at radius 1 is 0.443 bits per heavy atom. The van der Waals surface area contributed by atoms with Crippen LogP contribution >= 0.6 is 0 Å². The van der Waals surface area contributed by atoms with Crippen molar-refractivity contribution in [2.45, 2.75) is 378 Å². The second-order valence-corrected chi connectivity index (χ2v) is 23.9. The van der Waals surface area contributed by atoms with Crippen LogP contribution in [0.4, 0.5) is 0 Å². The Balaban J connectivity index is 2.12. The Hall–Kier alpha value is -1.85. The number of nitrogens with one attached hydrogen (secondary N) is 1. The number of unbranched alkanes of at least 4 members (excludes halogenated alkanes) is 42. The minimum atomic E-state index is -1.56. The number of aliphatic hydroxyl groups excluding tert-OH is 5. The fraction of sp³-hybridized carbons (Fsp3) is 0.871. The van der Waals surface area contributed by atoms with Crippen LogP contribution in [0.15, 0.2) is 48.6 Å². The highest BCUT2D eigenvalue weighted by Gasteiger charge is 2.44. The molecular weight excluding hydrogens is 983 g/mol.